The number of carbonyl (C=O) groups excluding carboxylic acids is 2. The lowest BCUT2D eigenvalue weighted by Gasteiger charge is -2.14. The van der Waals surface area contributed by atoms with Gasteiger partial charge in [-0.2, -0.15) is 0 Å². The van der Waals surface area contributed by atoms with Gasteiger partial charge in [0.15, 0.2) is 5.78 Å². The molecule has 1 fully saturated rings. The quantitative estimate of drug-likeness (QED) is 0.471. The average molecular weight is 392 g/mol. The summed E-state index contributed by atoms with van der Waals surface area (Å²) in [4.78, 5) is 25.9. The fourth-order valence-corrected chi connectivity index (χ4v) is 3.78. The van der Waals surface area contributed by atoms with E-state index in [0.717, 1.165) is 19.3 Å². The minimum absolute atomic E-state index is 0.0897. The maximum atomic E-state index is 13.4. The second kappa shape index (κ2) is 7.07. The van der Waals surface area contributed by atoms with Crippen LogP contribution in [0.5, 0.6) is 5.75 Å². The average Bonchev–Trinajstić information content (AvgIpc) is 3.37. The number of furan rings is 1. The second-order valence-corrected chi connectivity index (χ2v) is 7.87. The summed E-state index contributed by atoms with van der Waals surface area (Å²) >= 11 is 0. The van der Waals surface area contributed by atoms with Crippen molar-refractivity contribution in [3.05, 3.63) is 64.4 Å². The molecular weight excluding hydrogens is 368 g/mol. The Morgan fingerprint density at radius 1 is 1.14 bits per heavy atom. The minimum atomic E-state index is -0.379. The molecule has 5 nitrogen and oxygen atoms in total. The van der Waals surface area contributed by atoms with Crippen molar-refractivity contribution in [2.24, 2.45) is 0 Å². The monoisotopic (exact) mass is 392 g/mol. The van der Waals surface area contributed by atoms with E-state index in [1.54, 1.807) is 32.0 Å². The minimum Gasteiger partial charge on any atom is -0.507 e. The Hall–Kier alpha value is -3.08. The molecule has 4 rings (SSSR count). The van der Waals surface area contributed by atoms with E-state index < -0.39 is 0 Å². The molecular formula is C24H24O5. The molecule has 0 amide bonds. The van der Waals surface area contributed by atoms with E-state index in [1.165, 1.54) is 0 Å². The number of para-hydroxylation sites is 1. The molecule has 1 aliphatic rings. The van der Waals surface area contributed by atoms with Gasteiger partial charge in [-0.15, -0.1) is 0 Å². The van der Waals surface area contributed by atoms with Crippen molar-refractivity contribution in [1.82, 2.24) is 0 Å². The summed E-state index contributed by atoms with van der Waals surface area (Å²) in [6.45, 7) is 5.52. The molecule has 3 aromatic rings. The van der Waals surface area contributed by atoms with Gasteiger partial charge in [-0.1, -0.05) is 25.1 Å². The van der Waals surface area contributed by atoms with Gasteiger partial charge in [-0.05, 0) is 62.4 Å². The van der Waals surface area contributed by atoms with Crippen LogP contribution in [0.4, 0.5) is 0 Å². The van der Waals surface area contributed by atoms with Crippen LogP contribution in [-0.4, -0.2) is 22.5 Å². The summed E-state index contributed by atoms with van der Waals surface area (Å²) in [7, 11) is 0. The zero-order valence-corrected chi connectivity index (χ0v) is 16.9. The first-order valence-corrected chi connectivity index (χ1v) is 9.91. The first kappa shape index (κ1) is 19.2. The molecule has 0 spiro atoms. The summed E-state index contributed by atoms with van der Waals surface area (Å²) in [5, 5.41) is 10.7. The van der Waals surface area contributed by atoms with E-state index in [0.29, 0.717) is 39.0 Å². The molecule has 1 aliphatic carbocycles. The van der Waals surface area contributed by atoms with Crippen molar-refractivity contribution in [3.8, 4) is 5.75 Å². The van der Waals surface area contributed by atoms with E-state index in [-0.39, 0.29) is 29.5 Å². The van der Waals surface area contributed by atoms with Gasteiger partial charge < -0.3 is 14.3 Å². The fourth-order valence-electron chi connectivity index (χ4n) is 3.78. The van der Waals surface area contributed by atoms with E-state index >= 15 is 0 Å². The van der Waals surface area contributed by atoms with Crippen LogP contribution in [-0.2, 0) is 16.0 Å². The largest absolute Gasteiger partial charge is 0.507 e. The molecule has 1 aromatic heterocycles. The highest BCUT2D eigenvalue weighted by Crippen LogP contribution is 2.43. The van der Waals surface area contributed by atoms with E-state index in [2.05, 4.69) is 0 Å². The first-order valence-electron chi connectivity index (χ1n) is 9.91. The topological polar surface area (TPSA) is 76.7 Å². The predicted octanol–water partition coefficient (Wildman–Crippen LogP) is 5.01. The summed E-state index contributed by atoms with van der Waals surface area (Å²) in [5.41, 5.74) is 2.30. The summed E-state index contributed by atoms with van der Waals surface area (Å²) in [6, 6.07) is 10.6. The molecule has 0 saturated heterocycles. The molecule has 29 heavy (non-hydrogen) atoms. The van der Waals surface area contributed by atoms with Crippen LogP contribution in [0, 0.1) is 13.8 Å². The van der Waals surface area contributed by atoms with Crippen molar-refractivity contribution in [3.63, 3.8) is 0 Å². The Labute approximate surface area is 169 Å². The number of ether oxygens (including phenoxy) is 1. The van der Waals surface area contributed by atoms with Crippen molar-refractivity contribution < 1.29 is 23.8 Å². The van der Waals surface area contributed by atoms with Crippen molar-refractivity contribution >= 4 is 22.7 Å². The molecule has 2 aromatic carbocycles. The van der Waals surface area contributed by atoms with Crippen LogP contribution in [0.15, 0.2) is 40.8 Å². The van der Waals surface area contributed by atoms with Crippen LogP contribution in [0.2, 0.25) is 0 Å². The maximum absolute atomic E-state index is 13.4. The number of esters is 1. The van der Waals surface area contributed by atoms with Crippen LogP contribution in [0.25, 0.3) is 11.0 Å². The molecule has 0 radical (unpaired) electrons. The van der Waals surface area contributed by atoms with Gasteiger partial charge in [0.05, 0.1) is 5.56 Å². The molecule has 1 saturated carbocycles. The van der Waals surface area contributed by atoms with Gasteiger partial charge in [0.25, 0.3) is 0 Å². The molecule has 0 unspecified atom stereocenters. The van der Waals surface area contributed by atoms with E-state index in [1.807, 2.05) is 25.1 Å². The Bertz CT molecular complexity index is 1090. The lowest BCUT2D eigenvalue weighted by atomic mass is 9.96. The van der Waals surface area contributed by atoms with Gasteiger partial charge in [0, 0.05) is 10.9 Å². The highest BCUT2D eigenvalue weighted by atomic mass is 16.6. The second-order valence-electron chi connectivity index (χ2n) is 7.87. The summed E-state index contributed by atoms with van der Waals surface area (Å²) in [6.07, 6.45) is 2.46. The maximum Gasteiger partial charge on any atom is 0.314 e. The Morgan fingerprint density at radius 2 is 1.79 bits per heavy atom. The molecule has 150 valence electrons. The zero-order chi connectivity index (χ0) is 20.8. The molecule has 0 bridgehead atoms. The number of phenolic OH excluding ortho intramolecular Hbond substituents is 1. The molecule has 1 N–H and O–H groups in total. The number of hydrogen-bond donors (Lipinski definition) is 1. The van der Waals surface area contributed by atoms with Crippen LogP contribution in [0.3, 0.4) is 0 Å². The van der Waals surface area contributed by atoms with Crippen molar-refractivity contribution in [2.45, 2.75) is 52.1 Å². The number of aryl methyl sites for hydroxylation is 2. The standard InChI is InChI=1S/C24H24O5/c1-4-24(9-10-24)29-20(25)13-19-21(17-7-5-6-8-18(17)28-19)23(27)16-11-14(2)22(26)15(3)12-16/h5-8,11-12,26H,4,9-10,13H2,1-3H3. The van der Waals surface area contributed by atoms with E-state index in [9.17, 15) is 14.7 Å². The molecule has 0 atom stereocenters. The Balaban J connectivity index is 1.74. The lowest BCUT2D eigenvalue weighted by Crippen LogP contribution is -2.20. The van der Waals surface area contributed by atoms with Gasteiger partial charge >= 0.3 is 5.97 Å². The zero-order valence-electron chi connectivity index (χ0n) is 16.9. The van der Waals surface area contributed by atoms with E-state index in [4.69, 9.17) is 9.15 Å². The number of fused-ring (bicyclic) bond motifs is 1. The normalized spacial score (nSPS) is 14.7. The highest BCUT2D eigenvalue weighted by molar-refractivity contribution is 6.17. The van der Waals surface area contributed by atoms with Crippen molar-refractivity contribution in [1.29, 1.82) is 0 Å². The number of benzene rings is 2. The number of phenols is 1. The number of carbonyl (C=O) groups is 2. The lowest BCUT2D eigenvalue weighted by molar-refractivity contribution is -0.150. The smallest absolute Gasteiger partial charge is 0.314 e. The number of hydrogen-bond acceptors (Lipinski definition) is 5. The molecule has 1 heterocycles. The van der Waals surface area contributed by atoms with Crippen molar-refractivity contribution in [2.75, 3.05) is 0 Å². The Morgan fingerprint density at radius 3 is 2.41 bits per heavy atom. The highest BCUT2D eigenvalue weighted by Gasteiger charge is 2.45. The van der Waals surface area contributed by atoms with Gasteiger partial charge in [-0.25, -0.2) is 0 Å². The number of ketones is 1. The van der Waals surface area contributed by atoms with Crippen LogP contribution < -0.4 is 0 Å². The van der Waals surface area contributed by atoms with Gasteiger partial charge in [0.1, 0.15) is 29.1 Å². The fraction of sp³-hybridized carbons (Fsp3) is 0.333. The third-order valence-electron chi connectivity index (χ3n) is 5.74. The van der Waals surface area contributed by atoms with Crippen LogP contribution >= 0.6 is 0 Å². The predicted molar refractivity (Wildman–Crippen MR) is 109 cm³/mol. The Kier molecular flexibility index (Phi) is 4.69. The SMILES string of the molecule is CCC1(OC(=O)Cc2oc3ccccc3c2C(=O)c2cc(C)c(O)c(C)c2)CC1. The number of aromatic hydroxyl groups is 1. The third kappa shape index (κ3) is 3.53. The van der Waals surface area contributed by atoms with Gasteiger partial charge in [0.2, 0.25) is 0 Å². The molecule has 0 aliphatic heterocycles. The molecule has 5 heteroatoms. The summed E-state index contributed by atoms with van der Waals surface area (Å²) in [5.74, 6) is -0.121. The number of rotatable bonds is 6. The summed E-state index contributed by atoms with van der Waals surface area (Å²) < 4.78 is 11.5. The first-order chi connectivity index (χ1) is 13.8. The van der Waals surface area contributed by atoms with Gasteiger partial charge in [-0.3, -0.25) is 9.59 Å². The van der Waals surface area contributed by atoms with Crippen LogP contribution in [0.1, 0.15) is 59.0 Å². The third-order valence-corrected chi connectivity index (χ3v) is 5.74.